The van der Waals surface area contributed by atoms with Crippen LogP contribution >= 0.6 is 11.3 Å². The molecule has 0 atom stereocenters. The maximum Gasteiger partial charge on any atom is 0.258 e. The van der Waals surface area contributed by atoms with Gasteiger partial charge in [-0.15, -0.1) is 11.3 Å². The van der Waals surface area contributed by atoms with Crippen molar-refractivity contribution in [3.63, 3.8) is 0 Å². The van der Waals surface area contributed by atoms with Gasteiger partial charge in [-0.3, -0.25) is 9.78 Å². The van der Waals surface area contributed by atoms with Gasteiger partial charge in [-0.2, -0.15) is 0 Å². The van der Waals surface area contributed by atoms with Gasteiger partial charge >= 0.3 is 0 Å². The third kappa shape index (κ3) is 2.86. The molecule has 122 valence electrons. The molecule has 1 amide bonds. The Kier molecular flexibility index (Phi) is 4.15. The number of nitrogens with one attached hydrogen (secondary N) is 1. The number of ether oxygens (including phenoxy) is 1. The molecule has 1 aromatic carbocycles. The van der Waals surface area contributed by atoms with E-state index < -0.39 is 0 Å². The van der Waals surface area contributed by atoms with Gasteiger partial charge in [0.05, 0.1) is 30.0 Å². The number of benzene rings is 1. The second-order valence-electron chi connectivity index (χ2n) is 5.57. The average Bonchev–Trinajstić information content (AvgIpc) is 3.13. The van der Waals surface area contributed by atoms with E-state index in [1.807, 2.05) is 41.8 Å². The molecule has 24 heavy (non-hydrogen) atoms. The summed E-state index contributed by atoms with van der Waals surface area (Å²) >= 11 is 1.59. The van der Waals surface area contributed by atoms with E-state index in [0.29, 0.717) is 18.8 Å². The maximum absolute atomic E-state index is 12.8. The van der Waals surface area contributed by atoms with Crippen LogP contribution in [0.25, 0.3) is 10.9 Å². The first-order valence-electron chi connectivity index (χ1n) is 7.88. The quantitative estimate of drug-likeness (QED) is 0.795. The molecule has 1 fully saturated rings. The highest BCUT2D eigenvalue weighted by Crippen LogP contribution is 2.30. The number of morpholine rings is 1. The number of aromatic nitrogens is 1. The fourth-order valence-electron chi connectivity index (χ4n) is 2.88. The average molecular weight is 339 g/mol. The number of carbonyl (C=O) groups is 1. The molecule has 0 aliphatic carbocycles. The highest BCUT2D eigenvalue weighted by molar-refractivity contribution is 7.14. The summed E-state index contributed by atoms with van der Waals surface area (Å²) in [6.45, 7) is 3.03. The Hall–Kier alpha value is -2.44. The fourth-order valence-corrected chi connectivity index (χ4v) is 3.83. The van der Waals surface area contributed by atoms with Crippen molar-refractivity contribution in [3.05, 3.63) is 53.5 Å². The summed E-state index contributed by atoms with van der Waals surface area (Å²) in [7, 11) is 0. The second kappa shape index (κ2) is 6.59. The number of hydrogen-bond acceptors (Lipinski definition) is 5. The normalized spacial score (nSPS) is 14.8. The molecule has 4 rings (SSSR count). The van der Waals surface area contributed by atoms with Gasteiger partial charge < -0.3 is 15.0 Å². The van der Waals surface area contributed by atoms with Gasteiger partial charge in [-0.05, 0) is 23.6 Å². The predicted octanol–water partition coefficient (Wildman–Crippen LogP) is 3.39. The molecular weight excluding hydrogens is 322 g/mol. The Morgan fingerprint density at radius 2 is 2.00 bits per heavy atom. The molecule has 3 heterocycles. The molecule has 6 heteroatoms. The van der Waals surface area contributed by atoms with E-state index in [-0.39, 0.29) is 5.91 Å². The van der Waals surface area contributed by atoms with E-state index in [9.17, 15) is 4.79 Å². The minimum Gasteiger partial charge on any atom is -0.378 e. The zero-order valence-corrected chi connectivity index (χ0v) is 13.9. The van der Waals surface area contributed by atoms with Crippen molar-refractivity contribution in [2.75, 3.05) is 36.5 Å². The van der Waals surface area contributed by atoms with Crippen LogP contribution in [0.3, 0.4) is 0 Å². The van der Waals surface area contributed by atoms with Gasteiger partial charge in [0.2, 0.25) is 0 Å². The molecular formula is C18H17N3O2S. The van der Waals surface area contributed by atoms with Crippen molar-refractivity contribution in [2.24, 2.45) is 0 Å². The Balaban J connectivity index is 1.62. The minimum absolute atomic E-state index is 0.101. The van der Waals surface area contributed by atoms with Gasteiger partial charge in [0.15, 0.2) is 0 Å². The number of rotatable bonds is 3. The number of nitrogens with zero attached hydrogens (tertiary/aromatic N) is 2. The van der Waals surface area contributed by atoms with Crippen LogP contribution in [0.1, 0.15) is 10.4 Å². The van der Waals surface area contributed by atoms with Gasteiger partial charge in [0.1, 0.15) is 5.00 Å². The summed E-state index contributed by atoms with van der Waals surface area (Å²) in [5.74, 6) is -0.101. The Bertz CT molecular complexity index is 866. The van der Waals surface area contributed by atoms with Crippen LogP contribution in [-0.4, -0.2) is 37.2 Å². The Labute approximate surface area is 143 Å². The molecule has 1 N–H and O–H groups in total. The highest BCUT2D eigenvalue weighted by Gasteiger charge is 2.20. The lowest BCUT2D eigenvalue weighted by Crippen LogP contribution is -2.36. The van der Waals surface area contributed by atoms with E-state index in [0.717, 1.165) is 34.7 Å². The topological polar surface area (TPSA) is 54.5 Å². The first kappa shape index (κ1) is 15.1. The monoisotopic (exact) mass is 339 g/mol. The van der Waals surface area contributed by atoms with Crippen LogP contribution in [-0.2, 0) is 4.74 Å². The summed E-state index contributed by atoms with van der Waals surface area (Å²) < 4.78 is 5.40. The van der Waals surface area contributed by atoms with Gasteiger partial charge in [-0.1, -0.05) is 18.2 Å². The zero-order chi connectivity index (χ0) is 16.4. The summed E-state index contributed by atoms with van der Waals surface area (Å²) in [5, 5.41) is 6.99. The largest absolute Gasteiger partial charge is 0.378 e. The van der Waals surface area contributed by atoms with E-state index in [2.05, 4.69) is 15.2 Å². The molecule has 0 unspecified atom stereocenters. The summed E-state index contributed by atoms with van der Waals surface area (Å²) in [4.78, 5) is 19.4. The van der Waals surface area contributed by atoms with Crippen molar-refractivity contribution < 1.29 is 9.53 Å². The molecule has 0 radical (unpaired) electrons. The lowest BCUT2D eigenvalue weighted by Gasteiger charge is -2.28. The Morgan fingerprint density at radius 1 is 1.17 bits per heavy atom. The zero-order valence-electron chi connectivity index (χ0n) is 13.1. The van der Waals surface area contributed by atoms with Gasteiger partial charge in [-0.25, -0.2) is 0 Å². The Morgan fingerprint density at radius 3 is 2.88 bits per heavy atom. The molecule has 5 nitrogen and oxygen atoms in total. The van der Waals surface area contributed by atoms with Crippen LogP contribution in [0.2, 0.25) is 0 Å². The van der Waals surface area contributed by atoms with E-state index in [4.69, 9.17) is 4.74 Å². The van der Waals surface area contributed by atoms with Crippen LogP contribution in [0.5, 0.6) is 0 Å². The molecule has 0 bridgehead atoms. The minimum atomic E-state index is -0.101. The SMILES string of the molecule is O=C(Nc1cccc2cccnc12)c1ccsc1N1CCOCC1. The molecule has 1 aliphatic rings. The standard InChI is InChI=1S/C18H17N3O2S/c22-17(14-6-12-24-18(14)21-8-10-23-11-9-21)20-15-5-1-3-13-4-2-7-19-16(13)15/h1-7,12H,8-11H2,(H,20,22). The lowest BCUT2D eigenvalue weighted by atomic mass is 10.2. The smallest absolute Gasteiger partial charge is 0.258 e. The lowest BCUT2D eigenvalue weighted by molar-refractivity contribution is 0.102. The van der Waals surface area contributed by atoms with Crippen molar-refractivity contribution in [1.29, 1.82) is 0 Å². The molecule has 2 aromatic heterocycles. The number of anilines is 2. The van der Waals surface area contributed by atoms with Crippen molar-refractivity contribution >= 4 is 38.8 Å². The van der Waals surface area contributed by atoms with Crippen LogP contribution < -0.4 is 10.2 Å². The molecule has 3 aromatic rings. The van der Waals surface area contributed by atoms with Gasteiger partial charge in [0.25, 0.3) is 5.91 Å². The summed E-state index contributed by atoms with van der Waals surface area (Å²) in [6, 6.07) is 11.6. The third-order valence-electron chi connectivity index (χ3n) is 4.07. The first-order chi connectivity index (χ1) is 11.8. The number of hydrogen-bond donors (Lipinski definition) is 1. The fraction of sp³-hybridized carbons (Fsp3) is 0.222. The number of thiophene rings is 1. The number of para-hydroxylation sites is 1. The number of pyridine rings is 1. The van der Waals surface area contributed by atoms with Gasteiger partial charge in [0, 0.05) is 24.7 Å². The van der Waals surface area contributed by atoms with Crippen LogP contribution in [0.15, 0.2) is 48.0 Å². The maximum atomic E-state index is 12.8. The number of amides is 1. The molecule has 1 aliphatic heterocycles. The van der Waals surface area contributed by atoms with E-state index in [1.54, 1.807) is 17.5 Å². The summed E-state index contributed by atoms with van der Waals surface area (Å²) in [6.07, 6.45) is 1.74. The number of fused-ring (bicyclic) bond motifs is 1. The van der Waals surface area contributed by atoms with E-state index >= 15 is 0 Å². The van der Waals surface area contributed by atoms with Crippen LogP contribution in [0.4, 0.5) is 10.7 Å². The van der Waals surface area contributed by atoms with Crippen molar-refractivity contribution in [1.82, 2.24) is 4.98 Å². The first-order valence-corrected chi connectivity index (χ1v) is 8.76. The van der Waals surface area contributed by atoms with Crippen molar-refractivity contribution in [2.45, 2.75) is 0 Å². The van der Waals surface area contributed by atoms with Crippen LogP contribution in [0, 0.1) is 0 Å². The summed E-state index contributed by atoms with van der Waals surface area (Å²) in [5.41, 5.74) is 2.24. The third-order valence-corrected chi connectivity index (χ3v) is 5.04. The van der Waals surface area contributed by atoms with E-state index in [1.165, 1.54) is 0 Å². The molecule has 1 saturated heterocycles. The molecule has 0 saturated carbocycles. The predicted molar refractivity (Wildman–Crippen MR) is 97.0 cm³/mol. The number of carbonyl (C=O) groups excluding carboxylic acids is 1. The molecule has 0 spiro atoms. The van der Waals surface area contributed by atoms with Crippen molar-refractivity contribution in [3.8, 4) is 0 Å². The highest BCUT2D eigenvalue weighted by atomic mass is 32.1. The second-order valence-corrected chi connectivity index (χ2v) is 6.47.